The zero-order chi connectivity index (χ0) is 27.1. The molecule has 0 spiro atoms. The number of aliphatic hydroxyl groups excluding tert-OH is 1. The number of hydrogen-bond donors (Lipinski definition) is 9. The molecule has 13 N–H and O–H groups in total. The van der Waals surface area contributed by atoms with Crippen LogP contribution in [0.3, 0.4) is 0 Å². The number of primary amides is 1. The number of hydrogen-bond acceptors (Lipinski definition) is 8. The van der Waals surface area contributed by atoms with Crippen molar-refractivity contribution in [2.24, 2.45) is 33.8 Å². The van der Waals surface area contributed by atoms with Gasteiger partial charge in [0.15, 0.2) is 5.96 Å². The summed E-state index contributed by atoms with van der Waals surface area (Å²) in [4.78, 5) is 63.9. The summed E-state index contributed by atoms with van der Waals surface area (Å²) in [7, 11) is 0. The number of amides is 4. The number of nitrogens with two attached hydrogens (primary N) is 4. The second kappa shape index (κ2) is 16.2. The Hall–Kier alpha value is -3.46. The second-order valence-corrected chi connectivity index (χ2v) is 8.08. The molecule has 0 saturated carbocycles. The Bertz CT molecular complexity index is 773. The Morgan fingerprint density at radius 1 is 0.914 bits per heavy atom. The van der Waals surface area contributed by atoms with Crippen molar-refractivity contribution >= 4 is 35.6 Å². The zero-order valence-corrected chi connectivity index (χ0v) is 20.0. The molecule has 0 aromatic carbocycles. The Morgan fingerprint density at radius 2 is 1.51 bits per heavy atom. The minimum absolute atomic E-state index is 0.00130. The molecule has 4 amide bonds. The fourth-order valence-corrected chi connectivity index (χ4v) is 2.88. The van der Waals surface area contributed by atoms with Crippen LogP contribution in [0.15, 0.2) is 4.99 Å². The van der Waals surface area contributed by atoms with E-state index in [-0.39, 0.29) is 44.1 Å². The first kappa shape index (κ1) is 31.5. The molecular formula is C20H38N8O7. The van der Waals surface area contributed by atoms with E-state index in [2.05, 4.69) is 20.9 Å². The molecule has 0 aliphatic carbocycles. The van der Waals surface area contributed by atoms with Gasteiger partial charge in [0, 0.05) is 13.0 Å². The minimum atomic E-state index is -1.48. The maximum absolute atomic E-state index is 12.8. The molecule has 35 heavy (non-hydrogen) atoms. The van der Waals surface area contributed by atoms with Crippen LogP contribution in [-0.4, -0.2) is 83.1 Å². The zero-order valence-electron chi connectivity index (χ0n) is 20.0. The predicted octanol–water partition coefficient (Wildman–Crippen LogP) is -3.79. The highest BCUT2D eigenvalue weighted by molar-refractivity contribution is 5.94. The smallest absolute Gasteiger partial charge is 0.326 e. The van der Waals surface area contributed by atoms with E-state index >= 15 is 0 Å². The van der Waals surface area contributed by atoms with Gasteiger partial charge in [0.05, 0.1) is 12.6 Å². The molecule has 0 aromatic rings. The number of rotatable bonds is 17. The number of carboxylic acid groups (broad SMARTS) is 1. The normalized spacial score (nSPS) is 15.0. The first-order valence-corrected chi connectivity index (χ1v) is 11.2. The number of carbonyl (C=O) groups is 5. The summed E-state index contributed by atoms with van der Waals surface area (Å²) < 4.78 is 0. The lowest BCUT2D eigenvalue weighted by molar-refractivity contribution is -0.143. The molecule has 5 atom stereocenters. The second-order valence-electron chi connectivity index (χ2n) is 8.08. The van der Waals surface area contributed by atoms with Crippen LogP contribution >= 0.6 is 0 Å². The van der Waals surface area contributed by atoms with Crippen molar-refractivity contribution in [3.05, 3.63) is 0 Å². The molecule has 0 radical (unpaired) electrons. The number of aliphatic carboxylic acids is 1. The van der Waals surface area contributed by atoms with Crippen molar-refractivity contribution < 1.29 is 34.2 Å². The summed E-state index contributed by atoms with van der Waals surface area (Å²) in [5, 5.41) is 26.0. The number of carboxylic acids is 1. The van der Waals surface area contributed by atoms with Gasteiger partial charge in [-0.15, -0.1) is 0 Å². The monoisotopic (exact) mass is 502 g/mol. The minimum Gasteiger partial charge on any atom is -0.480 e. The first-order chi connectivity index (χ1) is 16.3. The van der Waals surface area contributed by atoms with Crippen LogP contribution < -0.4 is 38.9 Å². The van der Waals surface area contributed by atoms with Gasteiger partial charge in [0.2, 0.25) is 23.6 Å². The molecular weight excluding hydrogens is 464 g/mol. The Labute approximate surface area is 203 Å². The maximum Gasteiger partial charge on any atom is 0.326 e. The predicted molar refractivity (Wildman–Crippen MR) is 126 cm³/mol. The van der Waals surface area contributed by atoms with Crippen LogP contribution in [-0.2, 0) is 24.0 Å². The van der Waals surface area contributed by atoms with E-state index in [1.807, 2.05) is 0 Å². The van der Waals surface area contributed by atoms with Crippen LogP contribution in [0.1, 0.15) is 46.0 Å². The molecule has 5 unspecified atom stereocenters. The molecule has 0 aliphatic rings. The van der Waals surface area contributed by atoms with Crippen molar-refractivity contribution in [2.75, 3.05) is 13.2 Å². The van der Waals surface area contributed by atoms with E-state index < -0.39 is 60.4 Å². The summed E-state index contributed by atoms with van der Waals surface area (Å²) in [5.41, 5.74) is 21.2. The van der Waals surface area contributed by atoms with Crippen LogP contribution in [0.4, 0.5) is 0 Å². The molecule has 200 valence electrons. The van der Waals surface area contributed by atoms with E-state index in [9.17, 15) is 34.2 Å². The summed E-state index contributed by atoms with van der Waals surface area (Å²) >= 11 is 0. The molecule has 0 aliphatic heterocycles. The van der Waals surface area contributed by atoms with Crippen LogP contribution in [0.5, 0.6) is 0 Å². The molecule has 0 saturated heterocycles. The lowest BCUT2D eigenvalue weighted by Gasteiger charge is -2.27. The molecule has 0 rings (SSSR count). The van der Waals surface area contributed by atoms with E-state index in [0.29, 0.717) is 6.42 Å². The summed E-state index contributed by atoms with van der Waals surface area (Å²) in [5.74, 6) is -4.87. The van der Waals surface area contributed by atoms with Gasteiger partial charge in [0.1, 0.15) is 18.1 Å². The third-order valence-corrected chi connectivity index (χ3v) is 5.21. The number of nitrogens with zero attached hydrogens (tertiary/aromatic N) is 1. The van der Waals surface area contributed by atoms with E-state index in [1.54, 1.807) is 13.8 Å². The Kier molecular flexibility index (Phi) is 14.6. The van der Waals surface area contributed by atoms with Gasteiger partial charge in [-0.3, -0.25) is 24.2 Å². The average Bonchev–Trinajstić information content (AvgIpc) is 2.79. The fourth-order valence-electron chi connectivity index (χ4n) is 2.88. The standard InChI is InChI=1S/C20H38N8O7/c1-3-10(2)15(28-16(31)11(21)6-7-14(22)30)18(33)27-13(9-29)17(32)26-12(19(34)35)5-4-8-25-20(23)24/h10-13,15,29H,3-9,21H2,1-2H3,(H2,22,30)(H,26,32)(H,27,33)(H,28,31)(H,34,35)(H4,23,24,25). The highest BCUT2D eigenvalue weighted by atomic mass is 16.4. The van der Waals surface area contributed by atoms with Crippen molar-refractivity contribution in [1.82, 2.24) is 16.0 Å². The molecule has 15 nitrogen and oxygen atoms in total. The quantitative estimate of drug-likeness (QED) is 0.0531. The third-order valence-electron chi connectivity index (χ3n) is 5.21. The lowest BCUT2D eigenvalue weighted by Crippen LogP contribution is -2.59. The van der Waals surface area contributed by atoms with Crippen molar-refractivity contribution in [2.45, 2.75) is 70.1 Å². The number of aliphatic imine (C=N–C) groups is 1. The summed E-state index contributed by atoms with van der Waals surface area (Å²) in [6.45, 7) is 2.79. The molecule has 0 fully saturated rings. The van der Waals surface area contributed by atoms with Crippen LogP contribution in [0.25, 0.3) is 0 Å². The average molecular weight is 503 g/mol. The van der Waals surface area contributed by atoms with Gasteiger partial charge in [-0.05, 0) is 25.2 Å². The highest BCUT2D eigenvalue weighted by Crippen LogP contribution is 2.09. The van der Waals surface area contributed by atoms with Crippen molar-refractivity contribution in [1.29, 1.82) is 0 Å². The van der Waals surface area contributed by atoms with Gasteiger partial charge in [0.25, 0.3) is 0 Å². The largest absolute Gasteiger partial charge is 0.480 e. The van der Waals surface area contributed by atoms with Gasteiger partial charge in [-0.2, -0.15) is 0 Å². The lowest BCUT2D eigenvalue weighted by atomic mass is 9.97. The molecule has 15 heteroatoms. The third kappa shape index (κ3) is 12.5. The number of guanidine groups is 1. The molecule has 0 heterocycles. The summed E-state index contributed by atoms with van der Waals surface area (Å²) in [6, 6.07) is -4.98. The van der Waals surface area contributed by atoms with E-state index in [4.69, 9.17) is 22.9 Å². The number of nitrogens with one attached hydrogen (secondary N) is 3. The van der Waals surface area contributed by atoms with Crippen LogP contribution in [0, 0.1) is 5.92 Å². The topological polar surface area (TPSA) is 278 Å². The van der Waals surface area contributed by atoms with Gasteiger partial charge < -0.3 is 49.1 Å². The number of carbonyl (C=O) groups excluding carboxylic acids is 4. The Morgan fingerprint density at radius 3 is 2.00 bits per heavy atom. The van der Waals surface area contributed by atoms with Crippen molar-refractivity contribution in [3.8, 4) is 0 Å². The van der Waals surface area contributed by atoms with E-state index in [1.165, 1.54) is 0 Å². The number of aliphatic hydroxyl groups is 1. The molecule has 0 aromatic heterocycles. The fraction of sp³-hybridized carbons (Fsp3) is 0.700. The first-order valence-electron chi connectivity index (χ1n) is 11.2. The Balaban J connectivity index is 5.23. The highest BCUT2D eigenvalue weighted by Gasteiger charge is 2.32. The van der Waals surface area contributed by atoms with Crippen LogP contribution in [0.2, 0.25) is 0 Å². The van der Waals surface area contributed by atoms with Gasteiger partial charge in [-0.25, -0.2) is 4.79 Å². The van der Waals surface area contributed by atoms with E-state index in [0.717, 1.165) is 0 Å². The van der Waals surface area contributed by atoms with Crippen molar-refractivity contribution in [3.63, 3.8) is 0 Å². The SMILES string of the molecule is CCC(C)C(NC(=O)C(N)CCC(N)=O)C(=O)NC(CO)C(=O)NC(CCCN=C(N)N)C(=O)O. The molecule has 0 bridgehead atoms. The maximum atomic E-state index is 12.8. The summed E-state index contributed by atoms with van der Waals surface area (Å²) in [6.07, 6.45) is 0.597. The van der Waals surface area contributed by atoms with Gasteiger partial charge in [-0.1, -0.05) is 20.3 Å². The van der Waals surface area contributed by atoms with Gasteiger partial charge >= 0.3 is 5.97 Å².